The Labute approximate surface area is 178 Å². The van der Waals surface area contributed by atoms with Crippen molar-refractivity contribution in [1.82, 2.24) is 10.2 Å². The Kier molecular flexibility index (Phi) is 5.90. The quantitative estimate of drug-likeness (QED) is 0.706. The van der Waals surface area contributed by atoms with E-state index < -0.39 is 0 Å². The van der Waals surface area contributed by atoms with Gasteiger partial charge in [0.25, 0.3) is 0 Å². The first-order valence-corrected chi connectivity index (χ1v) is 11.2. The highest BCUT2D eigenvalue weighted by Gasteiger charge is 2.53. The predicted molar refractivity (Wildman–Crippen MR) is 116 cm³/mol. The van der Waals surface area contributed by atoms with E-state index in [2.05, 4.69) is 17.6 Å². The van der Waals surface area contributed by atoms with Crippen LogP contribution in [0.2, 0.25) is 5.02 Å². The Bertz CT molecular complexity index is 746. The summed E-state index contributed by atoms with van der Waals surface area (Å²) in [4.78, 5) is 26.7. The molecule has 0 spiro atoms. The molecule has 2 amide bonds. The van der Waals surface area contributed by atoms with Gasteiger partial charge < -0.3 is 10.6 Å². The van der Waals surface area contributed by atoms with E-state index in [9.17, 15) is 9.59 Å². The molecule has 4 saturated carbocycles. The van der Waals surface area contributed by atoms with Crippen LogP contribution in [-0.2, 0) is 9.59 Å². The zero-order chi connectivity index (χ0) is 20.6. The number of hydrogen-bond donors (Lipinski definition) is 2. The van der Waals surface area contributed by atoms with Gasteiger partial charge in [0.2, 0.25) is 11.8 Å². The number of nitrogens with zero attached hydrogens (tertiary/aromatic N) is 1. The van der Waals surface area contributed by atoms with Gasteiger partial charge in [-0.05, 0) is 87.8 Å². The normalized spacial score (nSPS) is 31.0. The van der Waals surface area contributed by atoms with E-state index in [1.165, 1.54) is 38.5 Å². The predicted octanol–water partition coefficient (Wildman–Crippen LogP) is 3.93. The molecule has 4 bridgehead atoms. The van der Waals surface area contributed by atoms with Crippen molar-refractivity contribution in [3.05, 3.63) is 29.3 Å². The first-order chi connectivity index (χ1) is 13.8. The fraction of sp³-hybridized carbons (Fsp3) is 0.652. The average molecular weight is 418 g/mol. The number of amides is 2. The molecule has 0 aromatic heterocycles. The van der Waals surface area contributed by atoms with Crippen molar-refractivity contribution in [3.63, 3.8) is 0 Å². The lowest BCUT2D eigenvalue weighted by molar-refractivity contribution is -0.127. The van der Waals surface area contributed by atoms with Gasteiger partial charge in [-0.1, -0.05) is 23.7 Å². The maximum absolute atomic E-state index is 12.6. The fourth-order valence-corrected chi connectivity index (χ4v) is 6.63. The first kappa shape index (κ1) is 20.7. The molecule has 4 aliphatic carbocycles. The van der Waals surface area contributed by atoms with Crippen molar-refractivity contribution in [2.75, 3.05) is 25.5 Å². The first-order valence-electron chi connectivity index (χ1n) is 10.9. The monoisotopic (exact) mass is 417 g/mol. The third kappa shape index (κ3) is 4.61. The van der Waals surface area contributed by atoms with Crippen LogP contribution in [0.4, 0.5) is 5.69 Å². The van der Waals surface area contributed by atoms with Gasteiger partial charge >= 0.3 is 0 Å². The summed E-state index contributed by atoms with van der Waals surface area (Å²) < 4.78 is 0. The van der Waals surface area contributed by atoms with Gasteiger partial charge in [-0.25, -0.2) is 0 Å². The molecule has 0 saturated heterocycles. The SMILES string of the molecule is C[C@@H](NC(=O)CN(C)CC(=O)Nc1ccccc1Cl)C12CC3CC(CC(C3)C1)C2. The van der Waals surface area contributed by atoms with Crippen molar-refractivity contribution in [3.8, 4) is 0 Å². The van der Waals surface area contributed by atoms with Crippen molar-refractivity contribution < 1.29 is 9.59 Å². The molecule has 4 aliphatic rings. The van der Waals surface area contributed by atoms with E-state index in [4.69, 9.17) is 11.6 Å². The molecule has 0 radical (unpaired) electrons. The zero-order valence-corrected chi connectivity index (χ0v) is 18.2. The van der Waals surface area contributed by atoms with E-state index in [1.807, 2.05) is 12.1 Å². The van der Waals surface area contributed by atoms with E-state index in [0.29, 0.717) is 16.1 Å². The van der Waals surface area contributed by atoms with Gasteiger partial charge in [0.15, 0.2) is 0 Å². The molecule has 0 heterocycles. The van der Waals surface area contributed by atoms with Crippen LogP contribution in [0.25, 0.3) is 0 Å². The van der Waals surface area contributed by atoms with Gasteiger partial charge in [-0.3, -0.25) is 14.5 Å². The number of rotatable bonds is 7. The van der Waals surface area contributed by atoms with E-state index >= 15 is 0 Å². The number of likely N-dealkylation sites (N-methyl/N-ethyl adjacent to an activating group) is 1. The van der Waals surface area contributed by atoms with E-state index in [0.717, 1.165) is 17.8 Å². The summed E-state index contributed by atoms with van der Waals surface area (Å²) in [5.74, 6) is 2.44. The van der Waals surface area contributed by atoms with Crippen LogP contribution in [0.1, 0.15) is 45.4 Å². The number of carbonyl (C=O) groups excluding carboxylic acids is 2. The molecule has 29 heavy (non-hydrogen) atoms. The van der Waals surface area contributed by atoms with Crippen molar-refractivity contribution in [2.45, 2.75) is 51.5 Å². The third-order valence-corrected chi connectivity index (χ3v) is 7.69. The second-order valence-electron chi connectivity index (χ2n) is 9.77. The number of para-hydroxylation sites is 1. The second kappa shape index (κ2) is 8.27. The topological polar surface area (TPSA) is 61.4 Å². The minimum atomic E-state index is -0.178. The largest absolute Gasteiger partial charge is 0.352 e. The lowest BCUT2D eigenvalue weighted by atomic mass is 9.48. The minimum Gasteiger partial charge on any atom is -0.352 e. The van der Waals surface area contributed by atoms with Crippen LogP contribution < -0.4 is 10.6 Å². The van der Waals surface area contributed by atoms with Crippen LogP contribution in [0, 0.1) is 23.2 Å². The van der Waals surface area contributed by atoms with Crippen LogP contribution in [-0.4, -0.2) is 42.9 Å². The van der Waals surface area contributed by atoms with Gasteiger partial charge in [-0.15, -0.1) is 0 Å². The van der Waals surface area contributed by atoms with Crippen molar-refractivity contribution in [2.24, 2.45) is 23.2 Å². The maximum atomic E-state index is 12.6. The van der Waals surface area contributed by atoms with E-state index in [-0.39, 0.29) is 30.9 Å². The summed E-state index contributed by atoms with van der Waals surface area (Å²) in [6.07, 6.45) is 8.04. The molecule has 4 fully saturated rings. The lowest BCUT2D eigenvalue weighted by Gasteiger charge is -2.59. The molecule has 5 rings (SSSR count). The Balaban J connectivity index is 1.26. The molecule has 158 valence electrons. The smallest absolute Gasteiger partial charge is 0.238 e. The number of benzene rings is 1. The summed E-state index contributed by atoms with van der Waals surface area (Å²) in [5, 5.41) is 6.57. The average Bonchev–Trinajstić information content (AvgIpc) is 2.62. The Morgan fingerprint density at radius 2 is 1.62 bits per heavy atom. The number of carbonyl (C=O) groups is 2. The molecule has 1 aromatic rings. The summed E-state index contributed by atoms with van der Waals surface area (Å²) >= 11 is 6.08. The molecule has 0 unspecified atom stereocenters. The number of anilines is 1. The molecular weight excluding hydrogens is 386 g/mol. The highest BCUT2D eigenvalue weighted by Crippen LogP contribution is 2.61. The molecule has 6 heteroatoms. The van der Waals surface area contributed by atoms with Crippen LogP contribution >= 0.6 is 11.6 Å². The molecular formula is C23H32ClN3O2. The Hall–Kier alpha value is -1.59. The highest BCUT2D eigenvalue weighted by atomic mass is 35.5. The van der Waals surface area contributed by atoms with Gasteiger partial charge in [0.05, 0.1) is 23.8 Å². The second-order valence-corrected chi connectivity index (χ2v) is 10.2. The summed E-state index contributed by atoms with van der Waals surface area (Å²) in [7, 11) is 1.79. The summed E-state index contributed by atoms with van der Waals surface area (Å²) in [5.41, 5.74) is 0.886. The van der Waals surface area contributed by atoms with Crippen LogP contribution in [0.3, 0.4) is 0 Å². The summed E-state index contributed by atoms with van der Waals surface area (Å²) in [6.45, 7) is 2.55. The Morgan fingerprint density at radius 1 is 1.07 bits per heavy atom. The molecule has 0 aliphatic heterocycles. The molecule has 2 N–H and O–H groups in total. The third-order valence-electron chi connectivity index (χ3n) is 7.36. The highest BCUT2D eigenvalue weighted by molar-refractivity contribution is 6.33. The zero-order valence-electron chi connectivity index (χ0n) is 17.4. The lowest BCUT2D eigenvalue weighted by Crippen LogP contribution is -2.56. The standard InChI is InChI=1S/C23H32ClN3O2/c1-15(23-10-16-7-17(11-23)9-18(8-16)12-23)25-21(28)13-27(2)14-22(29)26-20-6-4-3-5-19(20)24/h3-6,15-18H,7-14H2,1-2H3,(H,25,28)(H,26,29)/t15-,16?,17?,18?,23?/m1/s1. The number of halogens is 1. The molecule has 1 atom stereocenters. The van der Waals surface area contributed by atoms with Gasteiger partial charge in [0.1, 0.15) is 0 Å². The minimum absolute atomic E-state index is 0.00119. The van der Waals surface area contributed by atoms with Crippen molar-refractivity contribution >= 4 is 29.1 Å². The Morgan fingerprint density at radius 3 is 2.21 bits per heavy atom. The van der Waals surface area contributed by atoms with Crippen molar-refractivity contribution in [1.29, 1.82) is 0 Å². The fourth-order valence-electron chi connectivity index (χ4n) is 6.45. The molecule has 1 aromatic carbocycles. The van der Waals surface area contributed by atoms with Crippen LogP contribution in [0.5, 0.6) is 0 Å². The van der Waals surface area contributed by atoms with Crippen LogP contribution in [0.15, 0.2) is 24.3 Å². The summed E-state index contributed by atoms with van der Waals surface area (Å²) in [6, 6.07) is 7.35. The number of nitrogens with one attached hydrogen (secondary N) is 2. The number of hydrogen-bond acceptors (Lipinski definition) is 3. The van der Waals surface area contributed by atoms with Gasteiger partial charge in [0, 0.05) is 6.04 Å². The van der Waals surface area contributed by atoms with Gasteiger partial charge in [-0.2, -0.15) is 0 Å². The van der Waals surface area contributed by atoms with E-state index in [1.54, 1.807) is 24.1 Å². The molecule has 5 nitrogen and oxygen atoms in total. The maximum Gasteiger partial charge on any atom is 0.238 e.